The smallest absolute Gasteiger partial charge is 0.129 e. The Hall–Kier alpha value is -0.830. The van der Waals surface area contributed by atoms with Crippen molar-refractivity contribution >= 4 is 17.6 Å². The lowest BCUT2D eigenvalue weighted by molar-refractivity contribution is -0.107. The van der Waals surface area contributed by atoms with Crippen molar-refractivity contribution in [1.82, 2.24) is 0 Å². The van der Waals surface area contributed by atoms with E-state index in [1.165, 1.54) is 11.3 Å². The molecule has 48 valence electrons. The van der Waals surface area contributed by atoms with Crippen LogP contribution in [0.4, 0.5) is 0 Å². The van der Waals surface area contributed by atoms with Crippen LogP contribution in [0.2, 0.25) is 0 Å². The Morgan fingerprint density at radius 1 is 1.78 bits per heavy atom. The van der Waals surface area contributed by atoms with Gasteiger partial charge in [0, 0.05) is 6.42 Å². The lowest BCUT2D eigenvalue weighted by Gasteiger charge is -1.86. The molecule has 1 N–H and O–H groups in total. The van der Waals surface area contributed by atoms with Crippen LogP contribution in [0.25, 0.3) is 0 Å². The first kappa shape index (κ1) is 6.29. The van der Waals surface area contributed by atoms with Crippen LogP contribution in [0.15, 0.2) is 11.4 Å². The molecular weight excluding hydrogens is 136 g/mol. The quantitative estimate of drug-likeness (QED) is 0.630. The van der Waals surface area contributed by atoms with E-state index in [1.54, 1.807) is 11.4 Å². The second kappa shape index (κ2) is 2.64. The molecule has 2 nitrogen and oxygen atoms in total. The highest BCUT2D eigenvalue weighted by atomic mass is 32.1. The van der Waals surface area contributed by atoms with E-state index >= 15 is 0 Å². The van der Waals surface area contributed by atoms with E-state index in [1.807, 2.05) is 0 Å². The van der Waals surface area contributed by atoms with E-state index in [-0.39, 0.29) is 5.75 Å². The molecular formula is C6H6O2S. The van der Waals surface area contributed by atoms with E-state index in [0.29, 0.717) is 6.42 Å². The predicted octanol–water partition coefficient (Wildman–Crippen LogP) is 1.20. The third-order valence-electron chi connectivity index (χ3n) is 0.991. The first-order valence-electron chi connectivity index (χ1n) is 2.53. The fourth-order valence-electron chi connectivity index (χ4n) is 0.562. The van der Waals surface area contributed by atoms with Crippen molar-refractivity contribution in [1.29, 1.82) is 0 Å². The summed E-state index contributed by atoms with van der Waals surface area (Å²) in [6, 6.07) is 1.59. The minimum Gasteiger partial charge on any atom is -0.507 e. The highest BCUT2D eigenvalue weighted by molar-refractivity contribution is 7.10. The summed E-state index contributed by atoms with van der Waals surface area (Å²) in [5.41, 5.74) is 0. The normalized spacial score (nSPS) is 9.33. The van der Waals surface area contributed by atoms with Gasteiger partial charge in [0.05, 0.1) is 4.88 Å². The average Bonchev–Trinajstić information content (AvgIpc) is 2.18. The van der Waals surface area contributed by atoms with Gasteiger partial charge in [0.25, 0.3) is 0 Å². The van der Waals surface area contributed by atoms with Crippen LogP contribution in [0, 0.1) is 0 Å². The number of rotatable bonds is 2. The standard InChI is InChI=1S/C6H6O2S/c7-3-1-6-5(8)2-4-9-6/h2-4,8H,1H2. The van der Waals surface area contributed by atoms with E-state index in [2.05, 4.69) is 0 Å². The Morgan fingerprint density at radius 3 is 3.00 bits per heavy atom. The van der Waals surface area contributed by atoms with E-state index in [4.69, 9.17) is 5.11 Å². The number of thiophene rings is 1. The third-order valence-corrected chi connectivity index (χ3v) is 1.92. The van der Waals surface area contributed by atoms with Gasteiger partial charge in [-0.3, -0.25) is 0 Å². The molecule has 0 aliphatic rings. The molecule has 0 saturated carbocycles. The van der Waals surface area contributed by atoms with Crippen LogP contribution in [-0.4, -0.2) is 11.4 Å². The number of carbonyl (C=O) groups is 1. The fourth-order valence-corrected chi connectivity index (χ4v) is 1.28. The van der Waals surface area contributed by atoms with Crippen molar-refractivity contribution in [2.45, 2.75) is 6.42 Å². The maximum absolute atomic E-state index is 9.92. The maximum atomic E-state index is 9.92. The van der Waals surface area contributed by atoms with Crippen molar-refractivity contribution < 1.29 is 9.90 Å². The summed E-state index contributed by atoms with van der Waals surface area (Å²) in [5.74, 6) is 0.229. The van der Waals surface area contributed by atoms with Crippen molar-refractivity contribution in [2.75, 3.05) is 0 Å². The minimum atomic E-state index is 0.229. The lowest BCUT2D eigenvalue weighted by Crippen LogP contribution is -1.78. The van der Waals surface area contributed by atoms with Gasteiger partial charge in [0.1, 0.15) is 12.0 Å². The van der Waals surface area contributed by atoms with Crippen LogP contribution in [0.3, 0.4) is 0 Å². The van der Waals surface area contributed by atoms with Crippen LogP contribution < -0.4 is 0 Å². The Morgan fingerprint density at radius 2 is 2.56 bits per heavy atom. The summed E-state index contributed by atoms with van der Waals surface area (Å²) < 4.78 is 0. The number of aldehydes is 1. The van der Waals surface area contributed by atoms with E-state index in [9.17, 15) is 4.79 Å². The topological polar surface area (TPSA) is 37.3 Å². The summed E-state index contributed by atoms with van der Waals surface area (Å²) in [6.07, 6.45) is 1.11. The molecule has 0 bridgehead atoms. The Kier molecular flexibility index (Phi) is 1.85. The van der Waals surface area contributed by atoms with Crippen LogP contribution in [0.5, 0.6) is 5.75 Å². The van der Waals surface area contributed by atoms with Gasteiger partial charge in [-0.05, 0) is 11.4 Å². The van der Waals surface area contributed by atoms with Crippen LogP contribution >= 0.6 is 11.3 Å². The average molecular weight is 142 g/mol. The molecule has 9 heavy (non-hydrogen) atoms. The summed E-state index contributed by atoms with van der Waals surface area (Å²) in [6.45, 7) is 0. The molecule has 0 spiro atoms. The number of hydrogen-bond acceptors (Lipinski definition) is 3. The summed E-state index contributed by atoms with van der Waals surface area (Å²) in [7, 11) is 0. The predicted molar refractivity (Wildman–Crippen MR) is 35.8 cm³/mol. The first-order chi connectivity index (χ1) is 4.34. The Bertz CT molecular complexity index is 205. The molecule has 0 unspecified atom stereocenters. The Labute approximate surface area is 56.8 Å². The van der Waals surface area contributed by atoms with E-state index in [0.717, 1.165) is 11.2 Å². The zero-order valence-corrected chi connectivity index (χ0v) is 5.52. The third kappa shape index (κ3) is 1.29. The molecule has 1 rings (SSSR count). The molecule has 0 saturated heterocycles. The summed E-state index contributed by atoms with van der Waals surface area (Å²) >= 11 is 1.39. The molecule has 0 atom stereocenters. The van der Waals surface area contributed by atoms with Crippen molar-refractivity contribution in [3.63, 3.8) is 0 Å². The van der Waals surface area contributed by atoms with Gasteiger partial charge >= 0.3 is 0 Å². The molecule has 1 heterocycles. The second-order valence-electron chi connectivity index (χ2n) is 1.60. The monoisotopic (exact) mass is 142 g/mol. The van der Waals surface area contributed by atoms with E-state index < -0.39 is 0 Å². The van der Waals surface area contributed by atoms with Gasteiger partial charge < -0.3 is 9.90 Å². The van der Waals surface area contributed by atoms with Crippen LogP contribution in [0.1, 0.15) is 4.88 Å². The zero-order valence-electron chi connectivity index (χ0n) is 4.70. The highest BCUT2D eigenvalue weighted by Gasteiger charge is 1.98. The van der Waals surface area contributed by atoms with Gasteiger partial charge in [0.2, 0.25) is 0 Å². The van der Waals surface area contributed by atoms with Gasteiger partial charge in [-0.15, -0.1) is 11.3 Å². The molecule has 0 radical (unpaired) electrons. The molecule has 0 fully saturated rings. The molecule has 1 aromatic heterocycles. The largest absolute Gasteiger partial charge is 0.507 e. The van der Waals surface area contributed by atoms with Gasteiger partial charge in [-0.1, -0.05) is 0 Å². The highest BCUT2D eigenvalue weighted by Crippen LogP contribution is 2.22. The Balaban J connectivity index is 2.80. The second-order valence-corrected chi connectivity index (χ2v) is 2.60. The number of carbonyl (C=O) groups excluding carboxylic acids is 1. The minimum absolute atomic E-state index is 0.229. The number of hydrogen-bond donors (Lipinski definition) is 1. The van der Waals surface area contributed by atoms with Crippen molar-refractivity contribution in [3.8, 4) is 5.75 Å². The fraction of sp³-hybridized carbons (Fsp3) is 0.167. The molecule has 0 amide bonds. The first-order valence-corrected chi connectivity index (χ1v) is 3.41. The lowest BCUT2D eigenvalue weighted by atomic mass is 10.3. The molecule has 1 aromatic rings. The van der Waals surface area contributed by atoms with Gasteiger partial charge in [0.15, 0.2) is 0 Å². The zero-order chi connectivity index (χ0) is 6.69. The van der Waals surface area contributed by atoms with Crippen molar-refractivity contribution in [2.24, 2.45) is 0 Å². The van der Waals surface area contributed by atoms with Gasteiger partial charge in [-0.25, -0.2) is 0 Å². The summed E-state index contributed by atoms with van der Waals surface area (Å²) in [5, 5.41) is 10.7. The van der Waals surface area contributed by atoms with Crippen molar-refractivity contribution in [3.05, 3.63) is 16.3 Å². The molecule has 0 aliphatic heterocycles. The molecule has 0 aromatic carbocycles. The SMILES string of the molecule is O=CCc1sccc1O. The number of aromatic hydroxyl groups is 1. The molecule has 3 heteroatoms. The van der Waals surface area contributed by atoms with Gasteiger partial charge in [-0.2, -0.15) is 0 Å². The molecule has 0 aliphatic carbocycles. The maximum Gasteiger partial charge on any atom is 0.129 e. The van der Waals surface area contributed by atoms with Crippen LogP contribution in [-0.2, 0) is 11.2 Å². The summed E-state index contributed by atoms with van der Waals surface area (Å²) in [4.78, 5) is 10.7.